The first-order valence-corrected chi connectivity index (χ1v) is 9.64. The zero-order chi connectivity index (χ0) is 18.0. The normalized spacial score (nSPS) is 15.1. The van der Waals surface area contributed by atoms with Crippen LogP contribution in [0.25, 0.3) is 0 Å². The van der Waals surface area contributed by atoms with Gasteiger partial charge in [-0.3, -0.25) is 4.90 Å². The molecule has 0 spiro atoms. The van der Waals surface area contributed by atoms with Gasteiger partial charge in [-0.15, -0.1) is 0 Å². The van der Waals surface area contributed by atoms with Gasteiger partial charge in [0.25, 0.3) is 0 Å². The third-order valence-corrected chi connectivity index (χ3v) is 4.75. The maximum Gasteiger partial charge on any atom is 0.119 e. The van der Waals surface area contributed by atoms with Crippen LogP contribution < -0.4 is 10.1 Å². The molecule has 0 amide bonds. The van der Waals surface area contributed by atoms with Crippen LogP contribution in [0, 0.1) is 0 Å². The number of hydrogen-bond donors (Lipinski definition) is 1. The van der Waals surface area contributed by atoms with Crippen LogP contribution in [0.1, 0.15) is 17.5 Å². The fourth-order valence-electron chi connectivity index (χ4n) is 2.94. The third kappa shape index (κ3) is 6.61. The van der Waals surface area contributed by atoms with E-state index < -0.39 is 0 Å². The fraction of sp³-hybridized carbons (Fsp3) is 0.429. The maximum atomic E-state index is 5.89. The molecule has 2 aromatic carbocycles. The second-order valence-corrected chi connectivity index (χ2v) is 6.98. The topological polar surface area (TPSA) is 33.7 Å². The molecule has 0 unspecified atom stereocenters. The molecule has 1 aliphatic heterocycles. The highest BCUT2D eigenvalue weighted by Crippen LogP contribution is 2.15. The zero-order valence-corrected chi connectivity index (χ0v) is 15.9. The molecule has 5 heteroatoms. The lowest BCUT2D eigenvalue weighted by atomic mass is 10.2. The van der Waals surface area contributed by atoms with Gasteiger partial charge in [0.15, 0.2) is 0 Å². The molecular formula is C21H27ClN2O2. The molecule has 0 atom stereocenters. The number of hydrogen-bond acceptors (Lipinski definition) is 4. The predicted molar refractivity (Wildman–Crippen MR) is 106 cm³/mol. The van der Waals surface area contributed by atoms with Gasteiger partial charge in [-0.2, -0.15) is 0 Å². The van der Waals surface area contributed by atoms with Crippen molar-refractivity contribution in [2.45, 2.75) is 19.6 Å². The summed E-state index contributed by atoms with van der Waals surface area (Å²) in [5, 5.41) is 4.26. The van der Waals surface area contributed by atoms with E-state index in [1.165, 1.54) is 12.0 Å². The van der Waals surface area contributed by atoms with Gasteiger partial charge in [-0.05, 0) is 54.9 Å². The van der Waals surface area contributed by atoms with Gasteiger partial charge in [-0.1, -0.05) is 35.9 Å². The van der Waals surface area contributed by atoms with E-state index in [1.807, 2.05) is 36.4 Å². The van der Waals surface area contributed by atoms with Gasteiger partial charge in [-0.25, -0.2) is 0 Å². The molecule has 1 N–H and O–H groups in total. The van der Waals surface area contributed by atoms with Gasteiger partial charge >= 0.3 is 0 Å². The molecule has 2 aromatic rings. The van der Waals surface area contributed by atoms with Crippen LogP contribution in [0.3, 0.4) is 0 Å². The van der Waals surface area contributed by atoms with Crippen LogP contribution in [0.4, 0.5) is 0 Å². The van der Waals surface area contributed by atoms with Crippen LogP contribution in [0.2, 0.25) is 5.02 Å². The van der Waals surface area contributed by atoms with E-state index in [0.717, 1.165) is 62.3 Å². The zero-order valence-electron chi connectivity index (χ0n) is 15.1. The number of nitrogens with zero attached hydrogens (tertiary/aromatic N) is 1. The molecule has 4 nitrogen and oxygen atoms in total. The minimum atomic E-state index is 0.552. The quantitative estimate of drug-likeness (QED) is 0.678. The van der Waals surface area contributed by atoms with Crippen molar-refractivity contribution in [1.29, 1.82) is 0 Å². The second-order valence-electron chi connectivity index (χ2n) is 6.54. The molecule has 0 aromatic heterocycles. The highest BCUT2D eigenvalue weighted by Gasteiger charge is 2.08. The first kappa shape index (κ1) is 19.2. The maximum absolute atomic E-state index is 5.89. The van der Waals surface area contributed by atoms with Crippen molar-refractivity contribution in [3.8, 4) is 5.75 Å². The first-order chi connectivity index (χ1) is 12.8. The summed E-state index contributed by atoms with van der Waals surface area (Å²) in [7, 11) is 0. The second kappa shape index (κ2) is 10.5. The summed E-state index contributed by atoms with van der Waals surface area (Å²) in [5.74, 6) is 0.885. The minimum absolute atomic E-state index is 0.552. The van der Waals surface area contributed by atoms with Gasteiger partial charge in [0, 0.05) is 24.7 Å². The van der Waals surface area contributed by atoms with Crippen molar-refractivity contribution in [3.05, 3.63) is 64.7 Å². The molecule has 26 heavy (non-hydrogen) atoms. The Morgan fingerprint density at radius 3 is 2.38 bits per heavy atom. The van der Waals surface area contributed by atoms with E-state index in [2.05, 4.69) is 22.3 Å². The summed E-state index contributed by atoms with van der Waals surface area (Å²) in [4.78, 5) is 2.47. The largest absolute Gasteiger partial charge is 0.489 e. The molecule has 0 saturated carbocycles. The van der Waals surface area contributed by atoms with Gasteiger partial charge in [0.05, 0.1) is 13.2 Å². The Morgan fingerprint density at radius 1 is 0.962 bits per heavy atom. The van der Waals surface area contributed by atoms with Crippen molar-refractivity contribution in [2.24, 2.45) is 0 Å². The lowest BCUT2D eigenvalue weighted by Gasteiger charge is -2.26. The molecule has 0 bridgehead atoms. The van der Waals surface area contributed by atoms with E-state index in [9.17, 15) is 0 Å². The van der Waals surface area contributed by atoms with E-state index in [0.29, 0.717) is 6.61 Å². The standard InChI is InChI=1S/C21H27ClN2O2/c22-20-6-2-19(3-7-20)17-26-21-8-4-18(5-9-21)16-23-10-1-11-24-12-14-25-15-13-24/h2-9,23H,1,10-17H2. The molecule has 0 radical (unpaired) electrons. The van der Waals surface area contributed by atoms with Crippen LogP contribution >= 0.6 is 11.6 Å². The minimum Gasteiger partial charge on any atom is -0.489 e. The van der Waals surface area contributed by atoms with Crippen molar-refractivity contribution in [2.75, 3.05) is 39.4 Å². The molecular weight excluding hydrogens is 348 g/mol. The Hall–Kier alpha value is -1.59. The molecule has 1 aliphatic rings. The highest BCUT2D eigenvalue weighted by molar-refractivity contribution is 6.30. The average molecular weight is 375 g/mol. The third-order valence-electron chi connectivity index (χ3n) is 4.50. The van der Waals surface area contributed by atoms with Crippen molar-refractivity contribution < 1.29 is 9.47 Å². The number of rotatable bonds is 9. The molecule has 1 saturated heterocycles. The predicted octanol–water partition coefficient (Wildman–Crippen LogP) is 3.73. The van der Waals surface area contributed by atoms with Crippen LogP contribution in [0.15, 0.2) is 48.5 Å². The van der Waals surface area contributed by atoms with E-state index >= 15 is 0 Å². The Labute approximate surface area is 161 Å². The molecule has 0 aliphatic carbocycles. The molecule has 1 fully saturated rings. The summed E-state index contributed by atoms with van der Waals surface area (Å²) in [6, 6.07) is 16.0. The summed E-state index contributed by atoms with van der Waals surface area (Å²) in [5.41, 5.74) is 2.38. The summed E-state index contributed by atoms with van der Waals surface area (Å²) >= 11 is 5.89. The Bertz CT molecular complexity index is 640. The summed E-state index contributed by atoms with van der Waals surface area (Å²) in [6.45, 7) is 7.51. The first-order valence-electron chi connectivity index (χ1n) is 9.26. The Kier molecular flexibility index (Phi) is 7.77. The SMILES string of the molecule is Clc1ccc(COc2ccc(CNCCCN3CCOCC3)cc2)cc1. The fourth-order valence-corrected chi connectivity index (χ4v) is 3.06. The van der Waals surface area contributed by atoms with Crippen LogP contribution in [-0.2, 0) is 17.9 Å². The van der Waals surface area contributed by atoms with Gasteiger partial charge < -0.3 is 14.8 Å². The van der Waals surface area contributed by atoms with Gasteiger partial charge in [0.1, 0.15) is 12.4 Å². The van der Waals surface area contributed by atoms with E-state index in [4.69, 9.17) is 21.1 Å². The summed E-state index contributed by atoms with van der Waals surface area (Å²) < 4.78 is 11.2. The van der Waals surface area contributed by atoms with E-state index in [-0.39, 0.29) is 0 Å². The van der Waals surface area contributed by atoms with E-state index in [1.54, 1.807) is 0 Å². The monoisotopic (exact) mass is 374 g/mol. The number of benzene rings is 2. The Balaban J connectivity index is 1.31. The highest BCUT2D eigenvalue weighted by atomic mass is 35.5. The van der Waals surface area contributed by atoms with Crippen LogP contribution in [-0.4, -0.2) is 44.3 Å². The molecule has 140 valence electrons. The number of ether oxygens (including phenoxy) is 2. The lowest BCUT2D eigenvalue weighted by Crippen LogP contribution is -2.37. The smallest absolute Gasteiger partial charge is 0.119 e. The molecule has 3 rings (SSSR count). The number of nitrogens with one attached hydrogen (secondary N) is 1. The lowest BCUT2D eigenvalue weighted by molar-refractivity contribution is 0.0374. The number of halogens is 1. The average Bonchev–Trinajstić information content (AvgIpc) is 2.69. The van der Waals surface area contributed by atoms with Crippen molar-refractivity contribution >= 4 is 11.6 Å². The van der Waals surface area contributed by atoms with Crippen molar-refractivity contribution in [3.63, 3.8) is 0 Å². The van der Waals surface area contributed by atoms with Gasteiger partial charge in [0.2, 0.25) is 0 Å². The van der Waals surface area contributed by atoms with Crippen molar-refractivity contribution in [1.82, 2.24) is 10.2 Å². The Morgan fingerprint density at radius 2 is 1.65 bits per heavy atom. The van der Waals surface area contributed by atoms with Crippen LogP contribution in [0.5, 0.6) is 5.75 Å². The summed E-state index contributed by atoms with van der Waals surface area (Å²) in [6.07, 6.45) is 1.17. The number of morpholine rings is 1. The molecule has 1 heterocycles.